The molecule has 0 aromatic heterocycles. The van der Waals surface area contributed by atoms with Crippen LogP contribution in [0.4, 0.5) is 5.69 Å². The minimum atomic E-state index is 0.879. The number of halogens is 1. The first-order valence-corrected chi connectivity index (χ1v) is 7.78. The van der Waals surface area contributed by atoms with Gasteiger partial charge in [-0.25, -0.2) is 0 Å². The molecule has 0 amide bonds. The summed E-state index contributed by atoms with van der Waals surface area (Å²) in [5.74, 6) is 0. The van der Waals surface area contributed by atoms with Crippen molar-refractivity contribution in [1.29, 1.82) is 0 Å². The lowest BCUT2D eigenvalue weighted by molar-refractivity contribution is 0.258. The zero-order chi connectivity index (χ0) is 14.4. The van der Waals surface area contributed by atoms with Gasteiger partial charge < -0.3 is 5.73 Å². The van der Waals surface area contributed by atoms with E-state index in [0.29, 0.717) is 0 Å². The van der Waals surface area contributed by atoms with Crippen molar-refractivity contribution in [3.63, 3.8) is 0 Å². The van der Waals surface area contributed by atoms with Crippen LogP contribution in [-0.4, -0.2) is 11.4 Å². The molecule has 2 N–H and O–H groups in total. The highest BCUT2D eigenvalue weighted by Crippen LogP contribution is 2.17. The predicted octanol–water partition coefficient (Wildman–Crippen LogP) is 4.44. The van der Waals surface area contributed by atoms with E-state index in [0.717, 1.165) is 36.2 Å². The normalized spacial score (nSPS) is 10.9. The molecule has 0 aliphatic carbocycles. The summed E-state index contributed by atoms with van der Waals surface area (Å²) in [6.07, 6.45) is 1.14. The number of nitrogens with two attached hydrogens (primary N) is 1. The monoisotopic (exact) mass is 332 g/mol. The summed E-state index contributed by atoms with van der Waals surface area (Å²) in [5.41, 5.74) is 9.46. The lowest BCUT2D eigenvalue weighted by Gasteiger charge is -2.22. The van der Waals surface area contributed by atoms with Gasteiger partial charge in [-0.05, 0) is 42.3 Å². The second-order valence-corrected chi connectivity index (χ2v) is 5.95. The first kappa shape index (κ1) is 15.1. The molecule has 2 aromatic carbocycles. The van der Waals surface area contributed by atoms with E-state index in [-0.39, 0.29) is 0 Å². The van der Waals surface area contributed by atoms with Gasteiger partial charge in [0.2, 0.25) is 0 Å². The molecule has 106 valence electrons. The molecule has 0 saturated heterocycles. The van der Waals surface area contributed by atoms with Gasteiger partial charge >= 0.3 is 0 Å². The minimum absolute atomic E-state index is 0.879. The van der Waals surface area contributed by atoms with Crippen molar-refractivity contribution >= 4 is 21.6 Å². The summed E-state index contributed by atoms with van der Waals surface area (Å²) in [7, 11) is 0. The van der Waals surface area contributed by atoms with Gasteiger partial charge in [-0.1, -0.05) is 53.2 Å². The van der Waals surface area contributed by atoms with Crippen molar-refractivity contribution in [1.82, 2.24) is 4.90 Å². The van der Waals surface area contributed by atoms with Crippen LogP contribution >= 0.6 is 15.9 Å². The van der Waals surface area contributed by atoms with Crippen LogP contribution in [0.5, 0.6) is 0 Å². The third kappa shape index (κ3) is 4.36. The van der Waals surface area contributed by atoms with Gasteiger partial charge in [-0.15, -0.1) is 0 Å². The van der Waals surface area contributed by atoms with Crippen molar-refractivity contribution < 1.29 is 0 Å². The Bertz CT molecular complexity index is 537. The molecule has 0 saturated carbocycles. The molecule has 0 spiro atoms. The largest absolute Gasteiger partial charge is 0.398 e. The summed E-state index contributed by atoms with van der Waals surface area (Å²) >= 11 is 3.48. The molecule has 3 heteroatoms. The Hall–Kier alpha value is -1.32. The first-order valence-electron chi connectivity index (χ1n) is 6.99. The van der Waals surface area contributed by atoms with Crippen LogP contribution in [0, 0.1) is 0 Å². The van der Waals surface area contributed by atoms with Crippen LogP contribution in [0.2, 0.25) is 0 Å². The second-order valence-electron chi connectivity index (χ2n) is 5.04. The smallest absolute Gasteiger partial charge is 0.0359 e. The van der Waals surface area contributed by atoms with Crippen molar-refractivity contribution in [3.05, 3.63) is 64.1 Å². The number of hydrogen-bond donors (Lipinski definition) is 1. The average Bonchev–Trinajstić information content (AvgIpc) is 2.44. The van der Waals surface area contributed by atoms with Crippen molar-refractivity contribution in [2.24, 2.45) is 0 Å². The molecule has 0 aliphatic heterocycles. The SMILES string of the molecule is CCCN(Cc1ccc(Br)cc1)Cc1ccccc1N. The summed E-state index contributed by atoms with van der Waals surface area (Å²) in [4.78, 5) is 2.44. The van der Waals surface area contributed by atoms with E-state index in [1.165, 1.54) is 11.1 Å². The predicted molar refractivity (Wildman–Crippen MR) is 89.4 cm³/mol. The zero-order valence-electron chi connectivity index (χ0n) is 11.8. The fourth-order valence-electron chi connectivity index (χ4n) is 2.30. The Morgan fingerprint density at radius 2 is 1.70 bits per heavy atom. The van der Waals surface area contributed by atoms with Crippen LogP contribution < -0.4 is 5.73 Å². The summed E-state index contributed by atoms with van der Waals surface area (Å²) in [6.45, 7) is 5.14. The lowest BCUT2D eigenvalue weighted by Crippen LogP contribution is -2.24. The fraction of sp³-hybridized carbons (Fsp3) is 0.294. The van der Waals surface area contributed by atoms with Crippen LogP contribution in [-0.2, 0) is 13.1 Å². The molecule has 2 nitrogen and oxygen atoms in total. The standard InChI is InChI=1S/C17H21BrN2/c1-2-11-20(12-14-7-9-16(18)10-8-14)13-15-5-3-4-6-17(15)19/h3-10H,2,11-13,19H2,1H3. The molecule has 0 bridgehead atoms. The van der Waals surface area contributed by atoms with Gasteiger partial charge in [0.05, 0.1) is 0 Å². The molecular weight excluding hydrogens is 312 g/mol. The van der Waals surface area contributed by atoms with Gasteiger partial charge in [0, 0.05) is 23.2 Å². The molecule has 0 heterocycles. The molecule has 20 heavy (non-hydrogen) atoms. The van der Waals surface area contributed by atoms with E-state index < -0.39 is 0 Å². The fourth-order valence-corrected chi connectivity index (χ4v) is 2.56. The maximum atomic E-state index is 6.05. The lowest BCUT2D eigenvalue weighted by atomic mass is 10.1. The average molecular weight is 333 g/mol. The zero-order valence-corrected chi connectivity index (χ0v) is 13.4. The van der Waals surface area contributed by atoms with Gasteiger partial charge in [0.1, 0.15) is 0 Å². The van der Waals surface area contributed by atoms with Crippen molar-refractivity contribution in [3.8, 4) is 0 Å². The topological polar surface area (TPSA) is 29.3 Å². The highest BCUT2D eigenvalue weighted by atomic mass is 79.9. The van der Waals surface area contributed by atoms with Crippen LogP contribution in [0.25, 0.3) is 0 Å². The van der Waals surface area contributed by atoms with Gasteiger partial charge in [-0.2, -0.15) is 0 Å². The molecule has 2 rings (SSSR count). The minimum Gasteiger partial charge on any atom is -0.398 e. The summed E-state index contributed by atoms with van der Waals surface area (Å²) in [5, 5.41) is 0. The number of benzene rings is 2. The third-order valence-corrected chi connectivity index (χ3v) is 3.84. The Morgan fingerprint density at radius 3 is 2.35 bits per heavy atom. The molecule has 0 aliphatic rings. The highest BCUT2D eigenvalue weighted by molar-refractivity contribution is 9.10. The number of hydrogen-bond acceptors (Lipinski definition) is 2. The first-order chi connectivity index (χ1) is 9.69. The molecule has 0 fully saturated rings. The van der Waals surface area contributed by atoms with Crippen LogP contribution in [0.3, 0.4) is 0 Å². The summed E-state index contributed by atoms with van der Waals surface area (Å²) < 4.78 is 1.12. The van der Waals surface area contributed by atoms with E-state index in [1.54, 1.807) is 0 Å². The van der Waals surface area contributed by atoms with E-state index >= 15 is 0 Å². The number of anilines is 1. The molecule has 0 unspecified atom stereocenters. The summed E-state index contributed by atoms with van der Waals surface area (Å²) in [6, 6.07) is 16.6. The van der Waals surface area contributed by atoms with E-state index in [2.05, 4.69) is 64.2 Å². The number of rotatable bonds is 6. The van der Waals surface area contributed by atoms with E-state index in [1.807, 2.05) is 12.1 Å². The Balaban J connectivity index is 2.07. The van der Waals surface area contributed by atoms with Crippen LogP contribution in [0.15, 0.2) is 53.0 Å². The van der Waals surface area contributed by atoms with Gasteiger partial charge in [0.15, 0.2) is 0 Å². The maximum Gasteiger partial charge on any atom is 0.0359 e. The maximum absolute atomic E-state index is 6.05. The Morgan fingerprint density at radius 1 is 1.00 bits per heavy atom. The van der Waals surface area contributed by atoms with Crippen molar-refractivity contribution in [2.45, 2.75) is 26.4 Å². The quantitative estimate of drug-likeness (QED) is 0.792. The third-order valence-electron chi connectivity index (χ3n) is 3.31. The molecule has 0 atom stereocenters. The van der Waals surface area contributed by atoms with Gasteiger partial charge in [0.25, 0.3) is 0 Å². The molecule has 2 aromatic rings. The highest BCUT2D eigenvalue weighted by Gasteiger charge is 2.08. The molecular formula is C17H21BrN2. The van der Waals surface area contributed by atoms with Crippen LogP contribution in [0.1, 0.15) is 24.5 Å². The molecule has 0 radical (unpaired) electrons. The Labute approximate surface area is 129 Å². The Kier molecular flexibility index (Phi) is 5.62. The van der Waals surface area contributed by atoms with E-state index in [4.69, 9.17) is 5.73 Å². The number of nitrogens with zero attached hydrogens (tertiary/aromatic N) is 1. The van der Waals surface area contributed by atoms with Crippen molar-refractivity contribution in [2.75, 3.05) is 12.3 Å². The van der Waals surface area contributed by atoms with E-state index in [9.17, 15) is 0 Å². The number of nitrogen functional groups attached to an aromatic ring is 1. The van der Waals surface area contributed by atoms with Gasteiger partial charge in [-0.3, -0.25) is 4.90 Å². The number of para-hydroxylation sites is 1. The second kappa shape index (κ2) is 7.46.